The molecule has 1 saturated heterocycles. The normalized spacial score (nSPS) is 26.6. The first-order chi connectivity index (χ1) is 11.2. The highest BCUT2D eigenvalue weighted by atomic mass is 16.3. The molecule has 1 aromatic carbocycles. The Morgan fingerprint density at radius 3 is 3.30 bits per heavy atom. The van der Waals surface area contributed by atoms with E-state index in [4.69, 9.17) is 4.42 Å². The Balaban J connectivity index is 1.42. The highest BCUT2D eigenvalue weighted by Crippen LogP contribution is 2.44. The van der Waals surface area contributed by atoms with Gasteiger partial charge in [0, 0.05) is 19.5 Å². The van der Waals surface area contributed by atoms with Gasteiger partial charge in [0.15, 0.2) is 11.5 Å². The fourth-order valence-electron chi connectivity index (χ4n) is 4.33. The van der Waals surface area contributed by atoms with Crippen molar-refractivity contribution in [3.05, 3.63) is 29.7 Å². The summed E-state index contributed by atoms with van der Waals surface area (Å²) in [5.74, 6) is 0.912. The Morgan fingerprint density at radius 2 is 2.39 bits per heavy atom. The average molecular weight is 313 g/mol. The molecule has 5 heteroatoms. The molecule has 4 rings (SSSR count). The SMILES string of the molecule is Cc1nc2c(CCNC(=O)[C@]34CCC[C@H]3NCC4)cccc2o1. The molecular formula is C18H23N3O2. The molecule has 2 aliphatic rings. The Hall–Kier alpha value is -1.88. The van der Waals surface area contributed by atoms with Crippen molar-refractivity contribution in [1.29, 1.82) is 0 Å². The van der Waals surface area contributed by atoms with E-state index in [9.17, 15) is 4.79 Å². The molecule has 0 bridgehead atoms. The molecule has 1 aromatic heterocycles. The van der Waals surface area contributed by atoms with E-state index in [-0.39, 0.29) is 11.3 Å². The first kappa shape index (κ1) is 14.7. The monoisotopic (exact) mass is 313 g/mol. The van der Waals surface area contributed by atoms with Gasteiger partial charge in [-0.3, -0.25) is 4.79 Å². The van der Waals surface area contributed by atoms with E-state index in [1.54, 1.807) is 0 Å². The minimum absolute atomic E-state index is 0.156. The van der Waals surface area contributed by atoms with E-state index < -0.39 is 0 Å². The Bertz CT molecular complexity index is 727. The zero-order valence-electron chi connectivity index (χ0n) is 13.5. The topological polar surface area (TPSA) is 67.2 Å². The molecule has 5 nitrogen and oxygen atoms in total. The summed E-state index contributed by atoms with van der Waals surface area (Å²) in [7, 11) is 0. The summed E-state index contributed by atoms with van der Waals surface area (Å²) in [4.78, 5) is 17.2. The number of fused-ring (bicyclic) bond motifs is 2. The lowest BCUT2D eigenvalue weighted by atomic mass is 9.81. The number of nitrogens with one attached hydrogen (secondary N) is 2. The smallest absolute Gasteiger partial charge is 0.227 e. The lowest BCUT2D eigenvalue weighted by molar-refractivity contribution is -0.130. The maximum absolute atomic E-state index is 12.7. The van der Waals surface area contributed by atoms with Crippen LogP contribution in [0.3, 0.4) is 0 Å². The number of para-hydroxylation sites is 1. The van der Waals surface area contributed by atoms with Crippen molar-refractivity contribution in [3.8, 4) is 0 Å². The number of aromatic nitrogens is 1. The minimum Gasteiger partial charge on any atom is -0.441 e. The molecule has 0 spiro atoms. The van der Waals surface area contributed by atoms with Crippen LogP contribution in [0.4, 0.5) is 0 Å². The van der Waals surface area contributed by atoms with Crippen molar-refractivity contribution < 1.29 is 9.21 Å². The zero-order chi connectivity index (χ0) is 15.9. The molecule has 122 valence electrons. The number of oxazole rings is 1. The zero-order valence-corrected chi connectivity index (χ0v) is 13.5. The third-order valence-corrected chi connectivity index (χ3v) is 5.49. The molecule has 1 amide bonds. The molecule has 0 radical (unpaired) electrons. The number of carbonyl (C=O) groups is 1. The largest absolute Gasteiger partial charge is 0.441 e. The van der Waals surface area contributed by atoms with Crippen molar-refractivity contribution in [3.63, 3.8) is 0 Å². The number of aryl methyl sites for hydroxylation is 1. The highest BCUT2D eigenvalue weighted by Gasteiger charge is 2.51. The van der Waals surface area contributed by atoms with Crippen LogP contribution in [-0.2, 0) is 11.2 Å². The van der Waals surface area contributed by atoms with E-state index in [2.05, 4.69) is 21.7 Å². The van der Waals surface area contributed by atoms with Crippen LogP contribution in [0.25, 0.3) is 11.1 Å². The van der Waals surface area contributed by atoms with Crippen LogP contribution in [0.2, 0.25) is 0 Å². The van der Waals surface area contributed by atoms with E-state index in [1.807, 2.05) is 19.1 Å². The molecule has 2 atom stereocenters. The molecule has 1 aliphatic heterocycles. The first-order valence-electron chi connectivity index (χ1n) is 8.56. The van der Waals surface area contributed by atoms with Gasteiger partial charge in [0.25, 0.3) is 0 Å². The Morgan fingerprint density at radius 1 is 1.48 bits per heavy atom. The number of hydrogen-bond acceptors (Lipinski definition) is 4. The molecule has 23 heavy (non-hydrogen) atoms. The predicted molar refractivity (Wildman–Crippen MR) is 88.2 cm³/mol. The maximum Gasteiger partial charge on any atom is 0.227 e. The Kier molecular flexibility index (Phi) is 3.60. The van der Waals surface area contributed by atoms with Crippen LogP contribution in [0, 0.1) is 12.3 Å². The van der Waals surface area contributed by atoms with Gasteiger partial charge < -0.3 is 15.1 Å². The minimum atomic E-state index is -0.156. The molecule has 2 fully saturated rings. The average Bonchev–Trinajstić information content (AvgIpc) is 3.19. The van der Waals surface area contributed by atoms with E-state index in [0.717, 1.165) is 55.3 Å². The lowest BCUT2D eigenvalue weighted by Crippen LogP contribution is -2.45. The number of rotatable bonds is 4. The van der Waals surface area contributed by atoms with Crippen molar-refractivity contribution in [2.75, 3.05) is 13.1 Å². The van der Waals surface area contributed by atoms with Crippen molar-refractivity contribution in [1.82, 2.24) is 15.6 Å². The van der Waals surface area contributed by atoms with Crippen molar-refractivity contribution >= 4 is 17.0 Å². The van der Waals surface area contributed by atoms with E-state index >= 15 is 0 Å². The van der Waals surface area contributed by atoms with Crippen molar-refractivity contribution in [2.24, 2.45) is 5.41 Å². The second-order valence-corrected chi connectivity index (χ2v) is 6.81. The van der Waals surface area contributed by atoms with Crippen LogP contribution in [0.15, 0.2) is 22.6 Å². The highest BCUT2D eigenvalue weighted by molar-refractivity contribution is 5.84. The molecular weight excluding hydrogens is 290 g/mol. The van der Waals surface area contributed by atoms with Crippen LogP contribution >= 0.6 is 0 Å². The maximum atomic E-state index is 12.7. The first-order valence-corrected chi connectivity index (χ1v) is 8.56. The Labute approximate surface area is 135 Å². The summed E-state index contributed by atoms with van der Waals surface area (Å²) in [6.07, 6.45) is 5.06. The molecule has 0 unspecified atom stereocenters. The summed E-state index contributed by atoms with van der Waals surface area (Å²) < 4.78 is 5.57. The van der Waals surface area contributed by atoms with Gasteiger partial charge in [-0.15, -0.1) is 0 Å². The van der Waals surface area contributed by atoms with Gasteiger partial charge in [-0.2, -0.15) is 0 Å². The van der Waals surface area contributed by atoms with Crippen LogP contribution < -0.4 is 10.6 Å². The molecule has 2 N–H and O–H groups in total. The second kappa shape index (κ2) is 5.64. The quantitative estimate of drug-likeness (QED) is 0.909. The van der Waals surface area contributed by atoms with Gasteiger partial charge in [0.1, 0.15) is 5.52 Å². The summed E-state index contributed by atoms with van der Waals surface area (Å²) in [6.45, 7) is 3.48. The fraction of sp³-hybridized carbons (Fsp3) is 0.556. The van der Waals surface area contributed by atoms with Crippen molar-refractivity contribution in [2.45, 2.75) is 45.1 Å². The number of nitrogens with zero attached hydrogens (tertiary/aromatic N) is 1. The molecule has 1 aliphatic carbocycles. The third kappa shape index (κ3) is 2.43. The van der Waals surface area contributed by atoms with Gasteiger partial charge in [0.2, 0.25) is 5.91 Å². The van der Waals surface area contributed by atoms with Gasteiger partial charge in [-0.25, -0.2) is 4.98 Å². The third-order valence-electron chi connectivity index (χ3n) is 5.49. The molecule has 2 aromatic rings. The van der Waals surface area contributed by atoms with Gasteiger partial charge in [-0.1, -0.05) is 18.6 Å². The number of hydrogen-bond donors (Lipinski definition) is 2. The van der Waals surface area contributed by atoms with E-state index in [0.29, 0.717) is 18.5 Å². The molecule has 1 saturated carbocycles. The fourth-order valence-corrected chi connectivity index (χ4v) is 4.33. The standard InChI is InChI=1S/C18H23N3O2/c1-12-21-16-13(4-2-5-14(16)23-12)7-10-20-17(22)18-8-3-6-15(18)19-11-9-18/h2,4-5,15,19H,3,6-11H2,1H3,(H,20,22)/t15-,18+/m1/s1. The predicted octanol–water partition coefficient (Wildman–Crippen LogP) is 2.33. The van der Waals surface area contributed by atoms with Crippen LogP contribution in [-0.4, -0.2) is 30.0 Å². The number of benzene rings is 1. The molecule has 2 heterocycles. The summed E-state index contributed by atoms with van der Waals surface area (Å²) >= 11 is 0. The summed E-state index contributed by atoms with van der Waals surface area (Å²) in [5.41, 5.74) is 2.71. The summed E-state index contributed by atoms with van der Waals surface area (Å²) in [5, 5.41) is 6.66. The number of carbonyl (C=O) groups excluding carboxylic acids is 1. The summed E-state index contributed by atoms with van der Waals surface area (Å²) in [6, 6.07) is 6.36. The lowest BCUT2D eigenvalue weighted by Gasteiger charge is -2.27. The van der Waals surface area contributed by atoms with Crippen LogP contribution in [0.5, 0.6) is 0 Å². The second-order valence-electron chi connectivity index (χ2n) is 6.81. The van der Waals surface area contributed by atoms with Gasteiger partial charge in [0.05, 0.1) is 5.41 Å². The van der Waals surface area contributed by atoms with Gasteiger partial charge >= 0.3 is 0 Å². The van der Waals surface area contributed by atoms with E-state index in [1.165, 1.54) is 0 Å². The van der Waals surface area contributed by atoms with Gasteiger partial charge in [-0.05, 0) is 43.9 Å². The van der Waals surface area contributed by atoms with Crippen LogP contribution in [0.1, 0.15) is 37.1 Å². The number of amides is 1.